The maximum atomic E-state index is 6.21. The van der Waals surface area contributed by atoms with Gasteiger partial charge in [-0.2, -0.15) is 0 Å². The number of rotatable bonds is 5. The fourth-order valence-corrected chi connectivity index (χ4v) is 2.80. The number of anilines is 1. The van der Waals surface area contributed by atoms with Gasteiger partial charge in [-0.25, -0.2) is 4.98 Å². The van der Waals surface area contributed by atoms with Crippen LogP contribution in [0.2, 0.25) is 5.02 Å². The third-order valence-electron chi connectivity index (χ3n) is 4.08. The molecule has 0 amide bonds. The van der Waals surface area contributed by atoms with Crippen LogP contribution in [0.4, 0.5) is 5.82 Å². The molecular weight excluding hydrogens is 272 g/mol. The Morgan fingerprint density at radius 3 is 2.80 bits per heavy atom. The molecule has 112 valence electrons. The van der Waals surface area contributed by atoms with Crippen LogP contribution in [0.5, 0.6) is 0 Å². The van der Waals surface area contributed by atoms with Gasteiger partial charge in [0.05, 0.1) is 5.02 Å². The van der Waals surface area contributed by atoms with Gasteiger partial charge in [-0.1, -0.05) is 18.5 Å². The lowest BCUT2D eigenvalue weighted by molar-refractivity contribution is 0.252. The van der Waals surface area contributed by atoms with Gasteiger partial charge in [0, 0.05) is 25.8 Å². The molecule has 0 saturated carbocycles. The van der Waals surface area contributed by atoms with Crippen molar-refractivity contribution in [3.63, 3.8) is 0 Å². The number of nitrogens with one attached hydrogen (secondary N) is 1. The number of aromatic nitrogens is 1. The third-order valence-corrected chi connectivity index (χ3v) is 4.42. The zero-order chi connectivity index (χ0) is 14.5. The number of hydrogen-bond donors (Lipinski definition) is 1. The van der Waals surface area contributed by atoms with Crippen molar-refractivity contribution in [2.45, 2.75) is 32.4 Å². The van der Waals surface area contributed by atoms with Gasteiger partial charge in [-0.05, 0) is 51.2 Å². The van der Waals surface area contributed by atoms with E-state index in [0.29, 0.717) is 6.04 Å². The molecule has 1 aliphatic heterocycles. The first-order valence-corrected chi connectivity index (χ1v) is 7.76. The summed E-state index contributed by atoms with van der Waals surface area (Å²) in [5, 5.41) is 4.06. The average molecular weight is 297 g/mol. The lowest BCUT2D eigenvalue weighted by Gasteiger charge is -2.35. The minimum atomic E-state index is 0.576. The van der Waals surface area contributed by atoms with Crippen LogP contribution >= 0.6 is 11.6 Å². The number of halogens is 1. The lowest BCUT2D eigenvalue weighted by atomic mass is 10.0. The molecule has 1 fully saturated rings. The van der Waals surface area contributed by atoms with Crippen molar-refractivity contribution in [2.75, 3.05) is 38.6 Å². The second kappa shape index (κ2) is 7.25. The number of likely N-dealkylation sites (tertiary alicyclic amines) is 1. The van der Waals surface area contributed by atoms with Gasteiger partial charge in [0.1, 0.15) is 5.82 Å². The molecule has 0 radical (unpaired) electrons. The van der Waals surface area contributed by atoms with Crippen molar-refractivity contribution in [2.24, 2.45) is 0 Å². The highest BCUT2D eigenvalue weighted by molar-refractivity contribution is 6.31. The highest BCUT2D eigenvalue weighted by Crippen LogP contribution is 2.24. The van der Waals surface area contributed by atoms with Crippen LogP contribution in [0, 0.1) is 0 Å². The normalized spacial score (nSPS) is 17.4. The van der Waals surface area contributed by atoms with Crippen molar-refractivity contribution in [3.05, 3.63) is 22.8 Å². The van der Waals surface area contributed by atoms with Gasteiger partial charge in [0.25, 0.3) is 0 Å². The van der Waals surface area contributed by atoms with Crippen molar-refractivity contribution < 1.29 is 0 Å². The predicted octanol–water partition coefficient (Wildman–Crippen LogP) is 2.37. The summed E-state index contributed by atoms with van der Waals surface area (Å²) in [6.45, 7) is 6.16. The Kier molecular flexibility index (Phi) is 5.64. The molecule has 0 spiro atoms. The Labute approximate surface area is 127 Å². The Bertz CT molecular complexity index is 430. The predicted molar refractivity (Wildman–Crippen MR) is 85.5 cm³/mol. The molecule has 0 aromatic carbocycles. The standard InChI is InChI=1S/C15H25ClN4/c1-4-17-10-12-9-15(18-11-14(12)16)20(3)13-5-7-19(2)8-6-13/h9,11,13,17H,4-8,10H2,1-3H3. The first-order chi connectivity index (χ1) is 9.61. The fourth-order valence-electron chi connectivity index (χ4n) is 2.63. The van der Waals surface area contributed by atoms with E-state index in [2.05, 4.69) is 47.2 Å². The van der Waals surface area contributed by atoms with E-state index in [0.717, 1.165) is 42.6 Å². The second-order valence-electron chi connectivity index (χ2n) is 5.56. The average Bonchev–Trinajstić information content (AvgIpc) is 2.46. The van der Waals surface area contributed by atoms with Crippen molar-refractivity contribution in [3.8, 4) is 0 Å². The van der Waals surface area contributed by atoms with Crippen LogP contribution < -0.4 is 10.2 Å². The molecule has 0 aliphatic carbocycles. The summed E-state index contributed by atoms with van der Waals surface area (Å²) >= 11 is 6.21. The van der Waals surface area contributed by atoms with E-state index in [9.17, 15) is 0 Å². The molecule has 20 heavy (non-hydrogen) atoms. The monoisotopic (exact) mass is 296 g/mol. The maximum absolute atomic E-state index is 6.21. The molecular formula is C15H25ClN4. The fraction of sp³-hybridized carbons (Fsp3) is 0.667. The van der Waals surface area contributed by atoms with Crippen LogP contribution in [0.25, 0.3) is 0 Å². The van der Waals surface area contributed by atoms with Crippen LogP contribution in [0.15, 0.2) is 12.3 Å². The van der Waals surface area contributed by atoms with E-state index in [-0.39, 0.29) is 0 Å². The Balaban J connectivity index is 2.07. The number of piperidine rings is 1. The van der Waals surface area contributed by atoms with E-state index >= 15 is 0 Å². The first kappa shape index (κ1) is 15.5. The van der Waals surface area contributed by atoms with E-state index in [1.54, 1.807) is 6.20 Å². The first-order valence-electron chi connectivity index (χ1n) is 7.38. The Hall–Kier alpha value is -0.840. The molecule has 0 bridgehead atoms. The number of nitrogens with zero attached hydrogens (tertiary/aromatic N) is 3. The van der Waals surface area contributed by atoms with Crippen molar-refractivity contribution in [1.82, 2.24) is 15.2 Å². The molecule has 0 atom stereocenters. The topological polar surface area (TPSA) is 31.4 Å². The van der Waals surface area contributed by atoms with Gasteiger partial charge < -0.3 is 15.1 Å². The highest BCUT2D eigenvalue weighted by atomic mass is 35.5. The molecule has 2 rings (SSSR count). The molecule has 0 unspecified atom stereocenters. The lowest BCUT2D eigenvalue weighted by Crippen LogP contribution is -2.42. The molecule has 1 aliphatic rings. The number of pyridine rings is 1. The van der Waals surface area contributed by atoms with E-state index in [1.165, 1.54) is 12.8 Å². The highest BCUT2D eigenvalue weighted by Gasteiger charge is 2.21. The van der Waals surface area contributed by atoms with E-state index < -0.39 is 0 Å². The summed E-state index contributed by atoms with van der Waals surface area (Å²) in [5.41, 5.74) is 1.12. The van der Waals surface area contributed by atoms with Gasteiger partial charge in [-0.15, -0.1) is 0 Å². The van der Waals surface area contributed by atoms with Crippen molar-refractivity contribution >= 4 is 17.4 Å². The van der Waals surface area contributed by atoms with Crippen LogP contribution in [-0.2, 0) is 6.54 Å². The summed E-state index contributed by atoms with van der Waals surface area (Å²) in [7, 11) is 4.33. The Morgan fingerprint density at radius 2 is 2.15 bits per heavy atom. The SMILES string of the molecule is CCNCc1cc(N(C)C2CCN(C)CC2)ncc1Cl. The van der Waals surface area contributed by atoms with Gasteiger partial charge >= 0.3 is 0 Å². The molecule has 4 nitrogen and oxygen atoms in total. The molecule has 5 heteroatoms. The minimum Gasteiger partial charge on any atom is -0.357 e. The van der Waals surface area contributed by atoms with Crippen LogP contribution in [0.1, 0.15) is 25.3 Å². The van der Waals surface area contributed by atoms with E-state index in [4.69, 9.17) is 11.6 Å². The molecule has 1 aromatic heterocycles. The van der Waals surface area contributed by atoms with Crippen LogP contribution in [0.3, 0.4) is 0 Å². The largest absolute Gasteiger partial charge is 0.357 e. The van der Waals surface area contributed by atoms with Crippen LogP contribution in [-0.4, -0.2) is 49.7 Å². The van der Waals surface area contributed by atoms with Gasteiger partial charge in [0.2, 0.25) is 0 Å². The van der Waals surface area contributed by atoms with Gasteiger partial charge in [0.15, 0.2) is 0 Å². The molecule has 2 heterocycles. The maximum Gasteiger partial charge on any atom is 0.128 e. The van der Waals surface area contributed by atoms with Gasteiger partial charge in [-0.3, -0.25) is 0 Å². The number of hydrogen-bond acceptors (Lipinski definition) is 4. The molecule has 1 N–H and O–H groups in total. The zero-order valence-corrected chi connectivity index (χ0v) is 13.5. The minimum absolute atomic E-state index is 0.576. The Morgan fingerprint density at radius 1 is 1.45 bits per heavy atom. The third kappa shape index (κ3) is 3.84. The van der Waals surface area contributed by atoms with Crippen molar-refractivity contribution in [1.29, 1.82) is 0 Å². The summed E-state index contributed by atoms with van der Waals surface area (Å²) < 4.78 is 0. The summed E-state index contributed by atoms with van der Waals surface area (Å²) in [6, 6.07) is 2.69. The second-order valence-corrected chi connectivity index (χ2v) is 5.97. The zero-order valence-electron chi connectivity index (χ0n) is 12.7. The smallest absolute Gasteiger partial charge is 0.128 e. The quantitative estimate of drug-likeness (QED) is 0.904. The van der Waals surface area contributed by atoms with E-state index in [1.807, 2.05) is 0 Å². The molecule has 1 aromatic rings. The summed E-state index contributed by atoms with van der Waals surface area (Å²) in [6.07, 6.45) is 4.16. The summed E-state index contributed by atoms with van der Waals surface area (Å²) in [5.74, 6) is 1.02. The summed E-state index contributed by atoms with van der Waals surface area (Å²) in [4.78, 5) is 9.18. The molecule has 1 saturated heterocycles.